The molecule has 0 saturated heterocycles. The van der Waals surface area contributed by atoms with Crippen molar-refractivity contribution in [3.63, 3.8) is 0 Å². The first-order valence-electron chi connectivity index (χ1n) is 8.15. The van der Waals surface area contributed by atoms with Gasteiger partial charge < -0.3 is 5.32 Å². The molecule has 1 fully saturated rings. The van der Waals surface area contributed by atoms with E-state index >= 15 is 0 Å². The minimum atomic E-state index is -0.114. The number of benzene rings is 1. The summed E-state index contributed by atoms with van der Waals surface area (Å²) in [6.07, 6.45) is 6.51. The van der Waals surface area contributed by atoms with E-state index in [1.165, 1.54) is 37.7 Å². The Morgan fingerprint density at radius 3 is 2.80 bits per heavy atom. The average molecular weight is 277 g/mol. The zero-order valence-corrected chi connectivity index (χ0v) is 13.1. The van der Waals surface area contributed by atoms with Crippen molar-refractivity contribution in [2.75, 3.05) is 6.54 Å². The standard InChI is InChI=1S/C18H28FN/c1-4-14-7-6-8-15(11-14)18(20-5-2)17-12-16(19)10-9-13(17)3/h9-10,12,14-15,18,20H,4-8,11H2,1-3H3. The molecule has 0 bridgehead atoms. The molecule has 1 aromatic carbocycles. The number of aryl methyl sites for hydroxylation is 1. The molecule has 0 radical (unpaired) electrons. The average Bonchev–Trinajstić information content (AvgIpc) is 2.47. The summed E-state index contributed by atoms with van der Waals surface area (Å²) in [6.45, 7) is 7.47. The minimum Gasteiger partial charge on any atom is -0.310 e. The predicted molar refractivity (Wildman–Crippen MR) is 83.3 cm³/mol. The van der Waals surface area contributed by atoms with Crippen molar-refractivity contribution in [3.8, 4) is 0 Å². The molecule has 1 aliphatic carbocycles. The van der Waals surface area contributed by atoms with E-state index in [4.69, 9.17) is 0 Å². The maximum Gasteiger partial charge on any atom is 0.123 e. The third-order valence-electron chi connectivity index (χ3n) is 4.87. The third kappa shape index (κ3) is 3.60. The summed E-state index contributed by atoms with van der Waals surface area (Å²) in [5, 5.41) is 3.61. The molecule has 0 spiro atoms. The van der Waals surface area contributed by atoms with E-state index in [0.29, 0.717) is 12.0 Å². The van der Waals surface area contributed by atoms with Crippen LogP contribution in [0.5, 0.6) is 0 Å². The smallest absolute Gasteiger partial charge is 0.123 e. The second kappa shape index (κ2) is 7.21. The zero-order valence-electron chi connectivity index (χ0n) is 13.1. The van der Waals surface area contributed by atoms with Crippen LogP contribution in [0.4, 0.5) is 4.39 Å². The van der Waals surface area contributed by atoms with Gasteiger partial charge in [-0.15, -0.1) is 0 Å². The Kier molecular flexibility index (Phi) is 5.59. The van der Waals surface area contributed by atoms with Crippen molar-refractivity contribution in [2.45, 2.75) is 58.9 Å². The summed E-state index contributed by atoms with van der Waals surface area (Å²) < 4.78 is 13.6. The van der Waals surface area contributed by atoms with Crippen molar-refractivity contribution in [2.24, 2.45) is 11.8 Å². The van der Waals surface area contributed by atoms with Crippen molar-refractivity contribution in [3.05, 3.63) is 35.1 Å². The number of halogens is 1. The van der Waals surface area contributed by atoms with E-state index in [9.17, 15) is 4.39 Å². The molecule has 112 valence electrons. The molecule has 0 heterocycles. The van der Waals surface area contributed by atoms with E-state index in [1.54, 1.807) is 12.1 Å². The molecular formula is C18H28FN. The van der Waals surface area contributed by atoms with E-state index in [2.05, 4.69) is 26.1 Å². The molecule has 3 atom stereocenters. The van der Waals surface area contributed by atoms with Crippen LogP contribution in [0, 0.1) is 24.6 Å². The van der Waals surface area contributed by atoms with Crippen molar-refractivity contribution in [1.82, 2.24) is 5.32 Å². The van der Waals surface area contributed by atoms with Crippen molar-refractivity contribution in [1.29, 1.82) is 0 Å². The van der Waals surface area contributed by atoms with E-state index in [1.807, 2.05) is 6.07 Å². The van der Waals surface area contributed by atoms with Gasteiger partial charge in [0.05, 0.1) is 0 Å². The molecule has 1 N–H and O–H groups in total. The summed E-state index contributed by atoms with van der Waals surface area (Å²) in [7, 11) is 0. The van der Waals surface area contributed by atoms with Gasteiger partial charge in [-0.25, -0.2) is 4.39 Å². The van der Waals surface area contributed by atoms with Gasteiger partial charge in [0, 0.05) is 6.04 Å². The summed E-state index contributed by atoms with van der Waals surface area (Å²) in [5.74, 6) is 1.38. The second-order valence-corrected chi connectivity index (χ2v) is 6.24. The topological polar surface area (TPSA) is 12.0 Å². The number of hydrogen-bond acceptors (Lipinski definition) is 1. The zero-order chi connectivity index (χ0) is 14.5. The minimum absolute atomic E-state index is 0.114. The SMILES string of the molecule is CCNC(c1cc(F)ccc1C)C1CCCC(CC)C1. The van der Waals surface area contributed by atoms with Crippen molar-refractivity contribution >= 4 is 0 Å². The molecular weight excluding hydrogens is 249 g/mol. The number of nitrogens with one attached hydrogen (secondary N) is 1. The first kappa shape index (κ1) is 15.5. The van der Waals surface area contributed by atoms with Gasteiger partial charge in [-0.05, 0) is 61.4 Å². The summed E-state index contributed by atoms with van der Waals surface area (Å²) in [6, 6.07) is 5.52. The Hall–Kier alpha value is -0.890. The lowest BCUT2D eigenvalue weighted by atomic mass is 9.74. The van der Waals surface area contributed by atoms with Gasteiger partial charge >= 0.3 is 0 Å². The highest BCUT2D eigenvalue weighted by Gasteiger charge is 2.29. The van der Waals surface area contributed by atoms with E-state index in [0.717, 1.165) is 18.0 Å². The van der Waals surface area contributed by atoms with Crippen LogP contribution in [0.1, 0.15) is 63.1 Å². The molecule has 20 heavy (non-hydrogen) atoms. The highest BCUT2D eigenvalue weighted by molar-refractivity contribution is 5.30. The lowest BCUT2D eigenvalue weighted by Crippen LogP contribution is -2.32. The summed E-state index contributed by atoms with van der Waals surface area (Å²) >= 11 is 0. The Bertz CT molecular complexity index is 429. The van der Waals surface area contributed by atoms with Crippen LogP contribution in [0.2, 0.25) is 0 Å². The maximum absolute atomic E-state index is 13.6. The second-order valence-electron chi connectivity index (χ2n) is 6.24. The molecule has 1 nitrogen and oxygen atoms in total. The molecule has 2 rings (SSSR count). The fraction of sp³-hybridized carbons (Fsp3) is 0.667. The first-order chi connectivity index (χ1) is 9.65. The molecule has 2 heteroatoms. The largest absolute Gasteiger partial charge is 0.310 e. The van der Waals surface area contributed by atoms with Crippen molar-refractivity contribution < 1.29 is 4.39 Å². The Morgan fingerprint density at radius 2 is 2.10 bits per heavy atom. The molecule has 3 unspecified atom stereocenters. The molecule has 0 aliphatic heterocycles. The monoisotopic (exact) mass is 277 g/mol. The van der Waals surface area contributed by atoms with Crippen LogP contribution in [0.25, 0.3) is 0 Å². The molecule has 1 aliphatic rings. The summed E-state index contributed by atoms with van der Waals surface area (Å²) in [5.41, 5.74) is 2.37. The van der Waals surface area contributed by atoms with E-state index < -0.39 is 0 Å². The van der Waals surface area contributed by atoms with E-state index in [-0.39, 0.29) is 5.82 Å². The fourth-order valence-corrected chi connectivity index (χ4v) is 3.70. The van der Waals surface area contributed by atoms with Crippen LogP contribution in [0.3, 0.4) is 0 Å². The van der Waals surface area contributed by atoms with Crippen LogP contribution >= 0.6 is 0 Å². The molecule has 0 aromatic heterocycles. The van der Waals surface area contributed by atoms with Crippen LogP contribution < -0.4 is 5.32 Å². The quantitative estimate of drug-likeness (QED) is 0.798. The molecule has 0 amide bonds. The Balaban J connectivity index is 2.23. The molecule has 1 aromatic rings. The highest BCUT2D eigenvalue weighted by Crippen LogP contribution is 2.39. The van der Waals surface area contributed by atoms with Gasteiger partial charge in [-0.3, -0.25) is 0 Å². The van der Waals surface area contributed by atoms with Gasteiger partial charge in [-0.1, -0.05) is 39.2 Å². The van der Waals surface area contributed by atoms with Crippen LogP contribution in [-0.4, -0.2) is 6.54 Å². The van der Waals surface area contributed by atoms with Crippen LogP contribution in [0.15, 0.2) is 18.2 Å². The third-order valence-corrected chi connectivity index (χ3v) is 4.87. The van der Waals surface area contributed by atoms with Gasteiger partial charge in [0.2, 0.25) is 0 Å². The van der Waals surface area contributed by atoms with Gasteiger partial charge in [-0.2, -0.15) is 0 Å². The highest BCUT2D eigenvalue weighted by atomic mass is 19.1. The maximum atomic E-state index is 13.6. The fourth-order valence-electron chi connectivity index (χ4n) is 3.70. The normalized spacial score (nSPS) is 24.6. The predicted octanol–water partition coefficient (Wildman–Crippen LogP) is 5.00. The number of hydrogen-bond donors (Lipinski definition) is 1. The summed E-state index contributed by atoms with van der Waals surface area (Å²) in [4.78, 5) is 0. The Labute approximate surface area is 123 Å². The lowest BCUT2D eigenvalue weighted by molar-refractivity contribution is 0.210. The first-order valence-corrected chi connectivity index (χ1v) is 8.15. The Morgan fingerprint density at radius 1 is 1.30 bits per heavy atom. The van der Waals surface area contributed by atoms with Gasteiger partial charge in [0.1, 0.15) is 5.82 Å². The van der Waals surface area contributed by atoms with Gasteiger partial charge in [0.25, 0.3) is 0 Å². The number of rotatable bonds is 5. The van der Waals surface area contributed by atoms with Crippen LogP contribution in [-0.2, 0) is 0 Å². The van der Waals surface area contributed by atoms with Gasteiger partial charge in [0.15, 0.2) is 0 Å². The molecule has 1 saturated carbocycles. The lowest BCUT2D eigenvalue weighted by Gasteiger charge is -2.35.